The Morgan fingerprint density at radius 1 is 1.04 bits per heavy atom. The van der Waals surface area contributed by atoms with Gasteiger partial charge in [0, 0.05) is 24.2 Å². The molecule has 0 aliphatic rings. The number of amides is 1. The average Bonchev–Trinajstić information content (AvgIpc) is 2.69. The molecule has 0 unspecified atom stereocenters. The number of benzene rings is 2. The quantitative estimate of drug-likeness (QED) is 0.545. The first-order valence-electron chi connectivity index (χ1n) is 8.75. The monoisotopic (exact) mass is 346 g/mol. The van der Waals surface area contributed by atoms with Gasteiger partial charge in [0.15, 0.2) is 0 Å². The molecule has 0 fully saturated rings. The Morgan fingerprint density at radius 2 is 1.77 bits per heavy atom. The fraction of sp³-hybridized carbons (Fsp3) is 0.190. The number of rotatable bonds is 6. The minimum absolute atomic E-state index is 0.327. The van der Waals surface area contributed by atoms with Gasteiger partial charge in [-0.3, -0.25) is 4.79 Å². The fourth-order valence-corrected chi connectivity index (χ4v) is 2.78. The third-order valence-corrected chi connectivity index (χ3v) is 4.23. The van der Waals surface area contributed by atoms with Crippen LogP contribution in [0.5, 0.6) is 0 Å². The van der Waals surface area contributed by atoms with Crippen LogP contribution >= 0.6 is 0 Å². The molecule has 0 aliphatic carbocycles. The largest absolute Gasteiger partial charge is 0.372 e. The predicted octanol–water partition coefficient (Wildman–Crippen LogP) is 3.84. The Kier molecular flexibility index (Phi) is 5.59. The highest BCUT2D eigenvalue weighted by molar-refractivity contribution is 5.95. The molecule has 2 aromatic carbocycles. The normalized spacial score (nSPS) is 11.0. The van der Waals surface area contributed by atoms with E-state index in [9.17, 15) is 4.79 Å². The van der Waals surface area contributed by atoms with E-state index in [0.29, 0.717) is 5.69 Å². The first kappa shape index (κ1) is 17.6. The smallest absolute Gasteiger partial charge is 0.289 e. The van der Waals surface area contributed by atoms with Crippen LogP contribution in [0.3, 0.4) is 0 Å². The van der Waals surface area contributed by atoms with Gasteiger partial charge in [-0.1, -0.05) is 36.4 Å². The van der Waals surface area contributed by atoms with Crippen molar-refractivity contribution in [2.45, 2.75) is 13.8 Å². The number of nitrogens with zero attached hydrogens (tertiary/aromatic N) is 3. The number of nitrogens with one attached hydrogen (secondary N) is 1. The molecule has 0 bridgehead atoms. The van der Waals surface area contributed by atoms with E-state index in [1.807, 2.05) is 42.5 Å². The van der Waals surface area contributed by atoms with Gasteiger partial charge in [0.1, 0.15) is 5.69 Å². The van der Waals surface area contributed by atoms with Gasteiger partial charge in [-0.05, 0) is 43.7 Å². The van der Waals surface area contributed by atoms with E-state index >= 15 is 0 Å². The van der Waals surface area contributed by atoms with Gasteiger partial charge in [0.05, 0.1) is 11.7 Å². The molecule has 1 amide bonds. The Hall–Kier alpha value is -3.21. The second-order valence-electron chi connectivity index (χ2n) is 5.85. The van der Waals surface area contributed by atoms with E-state index in [-0.39, 0.29) is 5.91 Å². The van der Waals surface area contributed by atoms with E-state index in [2.05, 4.69) is 46.4 Å². The van der Waals surface area contributed by atoms with E-state index in [1.165, 1.54) is 5.69 Å². The van der Waals surface area contributed by atoms with Crippen molar-refractivity contribution in [3.8, 4) is 0 Å². The van der Waals surface area contributed by atoms with Crippen molar-refractivity contribution >= 4 is 28.7 Å². The van der Waals surface area contributed by atoms with Gasteiger partial charge in [-0.25, -0.2) is 10.4 Å². The molecule has 132 valence electrons. The van der Waals surface area contributed by atoms with Crippen molar-refractivity contribution in [1.82, 2.24) is 10.4 Å². The third kappa shape index (κ3) is 4.06. The summed E-state index contributed by atoms with van der Waals surface area (Å²) in [6.07, 6.45) is 1.63. The van der Waals surface area contributed by atoms with Crippen LogP contribution in [0, 0.1) is 0 Å². The van der Waals surface area contributed by atoms with Gasteiger partial charge < -0.3 is 4.90 Å². The molecule has 0 saturated carbocycles. The van der Waals surface area contributed by atoms with Crippen LogP contribution in [0.25, 0.3) is 10.9 Å². The Labute approximate surface area is 153 Å². The number of carbonyl (C=O) groups excluding carboxylic acids is 1. The minimum Gasteiger partial charge on any atom is -0.372 e. The number of anilines is 1. The summed E-state index contributed by atoms with van der Waals surface area (Å²) >= 11 is 0. The van der Waals surface area contributed by atoms with Crippen LogP contribution in [0.4, 0.5) is 5.69 Å². The van der Waals surface area contributed by atoms with Crippen LogP contribution in [-0.4, -0.2) is 30.2 Å². The minimum atomic E-state index is -0.327. The summed E-state index contributed by atoms with van der Waals surface area (Å²) in [5, 5.41) is 5.04. The van der Waals surface area contributed by atoms with Crippen molar-refractivity contribution in [1.29, 1.82) is 0 Å². The summed E-state index contributed by atoms with van der Waals surface area (Å²) in [7, 11) is 0. The number of hydrogen-bond donors (Lipinski definition) is 1. The highest BCUT2D eigenvalue weighted by Crippen LogP contribution is 2.14. The van der Waals surface area contributed by atoms with Crippen molar-refractivity contribution in [2.24, 2.45) is 5.10 Å². The van der Waals surface area contributed by atoms with Crippen molar-refractivity contribution in [3.05, 3.63) is 71.9 Å². The van der Waals surface area contributed by atoms with Gasteiger partial charge in [0.2, 0.25) is 0 Å². The Balaban J connectivity index is 1.64. The second-order valence-corrected chi connectivity index (χ2v) is 5.85. The highest BCUT2D eigenvalue weighted by atomic mass is 16.2. The molecule has 3 aromatic rings. The van der Waals surface area contributed by atoms with Gasteiger partial charge >= 0.3 is 0 Å². The molecule has 5 heteroatoms. The van der Waals surface area contributed by atoms with Crippen LogP contribution in [0.2, 0.25) is 0 Å². The zero-order chi connectivity index (χ0) is 18.4. The Morgan fingerprint density at radius 3 is 2.50 bits per heavy atom. The van der Waals surface area contributed by atoms with Crippen LogP contribution < -0.4 is 10.3 Å². The number of hydrazone groups is 1. The van der Waals surface area contributed by atoms with Gasteiger partial charge in [0.25, 0.3) is 5.91 Å². The molecule has 1 aromatic heterocycles. The molecule has 0 spiro atoms. The summed E-state index contributed by atoms with van der Waals surface area (Å²) in [5.41, 5.74) is 5.76. The zero-order valence-corrected chi connectivity index (χ0v) is 15.0. The maximum Gasteiger partial charge on any atom is 0.289 e. The van der Waals surface area contributed by atoms with Crippen molar-refractivity contribution < 1.29 is 4.79 Å². The van der Waals surface area contributed by atoms with Crippen molar-refractivity contribution in [2.75, 3.05) is 18.0 Å². The summed E-state index contributed by atoms with van der Waals surface area (Å²) < 4.78 is 0. The summed E-state index contributed by atoms with van der Waals surface area (Å²) in [4.78, 5) is 18.8. The second kappa shape index (κ2) is 8.25. The first-order chi connectivity index (χ1) is 12.7. The van der Waals surface area contributed by atoms with E-state index in [0.717, 1.165) is 29.6 Å². The molecule has 26 heavy (non-hydrogen) atoms. The molecule has 0 atom stereocenters. The third-order valence-electron chi connectivity index (χ3n) is 4.23. The average molecular weight is 346 g/mol. The van der Waals surface area contributed by atoms with Crippen molar-refractivity contribution in [3.63, 3.8) is 0 Å². The SMILES string of the molecule is CCN(CC)c1ccc(/C=N/NC(=O)c2ccc3ccccc3n2)cc1. The molecule has 1 N–H and O–H groups in total. The fourth-order valence-electron chi connectivity index (χ4n) is 2.78. The standard InChI is InChI=1S/C21H22N4O/c1-3-25(4-2)18-12-9-16(10-13-18)15-22-24-21(26)20-14-11-17-7-5-6-8-19(17)23-20/h5-15H,3-4H2,1-2H3,(H,24,26)/b22-15+. The zero-order valence-electron chi connectivity index (χ0n) is 15.0. The molecule has 5 nitrogen and oxygen atoms in total. The van der Waals surface area contributed by atoms with E-state index in [1.54, 1.807) is 12.3 Å². The summed E-state index contributed by atoms with van der Waals surface area (Å²) in [6, 6.07) is 19.4. The van der Waals surface area contributed by atoms with Crippen LogP contribution in [0.15, 0.2) is 65.8 Å². The molecular weight excluding hydrogens is 324 g/mol. The molecule has 3 rings (SSSR count). The lowest BCUT2D eigenvalue weighted by molar-refractivity contribution is 0.0950. The molecule has 0 radical (unpaired) electrons. The number of aromatic nitrogens is 1. The number of pyridine rings is 1. The first-order valence-corrected chi connectivity index (χ1v) is 8.75. The number of hydrogen-bond acceptors (Lipinski definition) is 4. The van der Waals surface area contributed by atoms with Crippen LogP contribution in [-0.2, 0) is 0 Å². The van der Waals surface area contributed by atoms with Crippen LogP contribution in [0.1, 0.15) is 29.9 Å². The van der Waals surface area contributed by atoms with Gasteiger partial charge in [-0.2, -0.15) is 5.10 Å². The number of fused-ring (bicyclic) bond motifs is 1. The number of para-hydroxylation sites is 1. The number of carbonyl (C=O) groups is 1. The summed E-state index contributed by atoms with van der Waals surface area (Å²) in [6.45, 7) is 6.21. The maximum atomic E-state index is 12.2. The highest BCUT2D eigenvalue weighted by Gasteiger charge is 2.06. The lowest BCUT2D eigenvalue weighted by atomic mass is 10.2. The van der Waals surface area contributed by atoms with E-state index in [4.69, 9.17) is 0 Å². The topological polar surface area (TPSA) is 57.6 Å². The lowest BCUT2D eigenvalue weighted by Crippen LogP contribution is -2.21. The maximum absolute atomic E-state index is 12.2. The summed E-state index contributed by atoms with van der Waals surface area (Å²) in [5.74, 6) is -0.327. The molecule has 0 saturated heterocycles. The Bertz CT molecular complexity index is 915. The lowest BCUT2D eigenvalue weighted by Gasteiger charge is -2.20. The van der Waals surface area contributed by atoms with Gasteiger partial charge in [-0.15, -0.1) is 0 Å². The molecule has 0 aliphatic heterocycles. The predicted molar refractivity (Wildman–Crippen MR) is 107 cm³/mol. The molecule has 1 heterocycles. The molecular formula is C21H22N4O. The van der Waals surface area contributed by atoms with E-state index < -0.39 is 0 Å².